The molecule has 0 bridgehead atoms. The molecular weight excluding hydrogens is 400 g/mol. The van der Waals surface area contributed by atoms with Gasteiger partial charge in [0.05, 0.1) is 24.2 Å². The van der Waals surface area contributed by atoms with Crippen molar-refractivity contribution in [3.8, 4) is 0 Å². The lowest BCUT2D eigenvalue weighted by atomic mass is 9.74. The van der Waals surface area contributed by atoms with Crippen LogP contribution in [0.4, 0.5) is 17.5 Å². The van der Waals surface area contributed by atoms with Gasteiger partial charge in [0, 0.05) is 25.6 Å². The van der Waals surface area contributed by atoms with E-state index >= 15 is 0 Å². The highest BCUT2D eigenvalue weighted by molar-refractivity contribution is 5.58. The van der Waals surface area contributed by atoms with Gasteiger partial charge in [0.15, 0.2) is 0 Å². The summed E-state index contributed by atoms with van der Waals surface area (Å²) < 4.78 is 0. The van der Waals surface area contributed by atoms with Gasteiger partial charge in [-0.2, -0.15) is 0 Å². The molecular formula is C25H34N6O. The Balaban J connectivity index is 1.23. The Morgan fingerprint density at radius 1 is 1.03 bits per heavy atom. The Morgan fingerprint density at radius 2 is 1.88 bits per heavy atom. The lowest BCUT2D eigenvalue weighted by Crippen LogP contribution is -2.39. The molecule has 0 amide bonds. The van der Waals surface area contributed by atoms with Crippen LogP contribution in [0.3, 0.4) is 0 Å². The van der Waals surface area contributed by atoms with E-state index in [1.165, 1.54) is 50.9 Å². The molecule has 2 aliphatic heterocycles. The van der Waals surface area contributed by atoms with E-state index in [1.807, 2.05) is 6.92 Å². The second-order valence-electron chi connectivity index (χ2n) is 10.5. The van der Waals surface area contributed by atoms with Crippen molar-refractivity contribution >= 4 is 17.5 Å². The zero-order chi connectivity index (χ0) is 21.7. The van der Waals surface area contributed by atoms with Gasteiger partial charge >= 0.3 is 0 Å². The number of piperidine rings is 1. The molecule has 3 unspecified atom stereocenters. The SMILES string of the molecule is Cc1cnc(Nc2cc(C3CCN(CC4CC4)CC3)cc(N3CC4CC(O)C4C3)n2)cn1. The van der Waals surface area contributed by atoms with Crippen LogP contribution in [0, 0.1) is 24.7 Å². The van der Waals surface area contributed by atoms with Gasteiger partial charge in [-0.25, -0.2) is 9.97 Å². The number of likely N-dealkylation sites (tertiary alicyclic amines) is 1. The average Bonchev–Trinajstić information content (AvgIpc) is 3.54. The molecule has 2 N–H and O–H groups in total. The standard InChI is InChI=1S/C25H34N6O/c1-16-11-27-24(12-26-16)28-23-9-19(18-4-6-30(7-5-18)13-17-2-3-17)10-25(29-23)31-14-20-8-22(32)21(20)15-31/h9-12,17-18,20-22,32H,2-8,13-15H2,1H3,(H,27,28,29). The fraction of sp³-hybridized carbons (Fsp3) is 0.640. The Hall–Kier alpha value is -2.25. The lowest BCUT2D eigenvalue weighted by molar-refractivity contribution is -0.00398. The third-order valence-corrected chi connectivity index (χ3v) is 8.00. The number of rotatable bonds is 6. The van der Waals surface area contributed by atoms with Crippen molar-refractivity contribution in [3.63, 3.8) is 0 Å². The topological polar surface area (TPSA) is 77.4 Å². The number of hydrogen-bond acceptors (Lipinski definition) is 7. The van der Waals surface area contributed by atoms with Gasteiger partial charge < -0.3 is 20.2 Å². The maximum Gasteiger partial charge on any atom is 0.150 e. The van der Waals surface area contributed by atoms with Crippen LogP contribution in [0.2, 0.25) is 0 Å². The number of nitrogens with zero attached hydrogens (tertiary/aromatic N) is 5. The van der Waals surface area contributed by atoms with E-state index in [4.69, 9.17) is 4.98 Å². The molecule has 4 aliphatic rings. The molecule has 7 heteroatoms. The predicted molar refractivity (Wildman–Crippen MR) is 125 cm³/mol. The predicted octanol–water partition coefficient (Wildman–Crippen LogP) is 3.33. The summed E-state index contributed by atoms with van der Waals surface area (Å²) >= 11 is 0. The minimum absolute atomic E-state index is 0.135. The van der Waals surface area contributed by atoms with Crippen molar-refractivity contribution in [2.24, 2.45) is 17.8 Å². The van der Waals surface area contributed by atoms with Gasteiger partial charge in [0.2, 0.25) is 0 Å². The average molecular weight is 435 g/mol. The molecule has 0 aromatic carbocycles. The third-order valence-electron chi connectivity index (χ3n) is 8.00. The van der Waals surface area contributed by atoms with Crippen molar-refractivity contribution in [1.29, 1.82) is 0 Å². The van der Waals surface area contributed by atoms with Crippen molar-refractivity contribution < 1.29 is 5.11 Å². The largest absolute Gasteiger partial charge is 0.393 e. The summed E-state index contributed by atoms with van der Waals surface area (Å²) in [4.78, 5) is 18.8. The van der Waals surface area contributed by atoms with Gasteiger partial charge in [-0.15, -0.1) is 0 Å². The van der Waals surface area contributed by atoms with Crippen molar-refractivity contribution in [3.05, 3.63) is 35.8 Å². The number of nitrogens with one attached hydrogen (secondary N) is 1. The van der Waals surface area contributed by atoms with Gasteiger partial charge in [0.25, 0.3) is 0 Å². The smallest absolute Gasteiger partial charge is 0.150 e. The quantitative estimate of drug-likeness (QED) is 0.722. The molecule has 4 heterocycles. The Morgan fingerprint density at radius 3 is 2.56 bits per heavy atom. The van der Waals surface area contributed by atoms with Crippen molar-refractivity contribution in [2.75, 3.05) is 42.9 Å². The first-order valence-electron chi connectivity index (χ1n) is 12.3. The van der Waals surface area contributed by atoms with Gasteiger partial charge in [0.1, 0.15) is 17.5 Å². The molecule has 3 atom stereocenters. The van der Waals surface area contributed by atoms with Crippen molar-refractivity contribution in [1.82, 2.24) is 19.9 Å². The second kappa shape index (κ2) is 8.27. The number of anilines is 3. The number of aromatic nitrogens is 3. The first kappa shape index (κ1) is 20.4. The molecule has 32 heavy (non-hydrogen) atoms. The van der Waals surface area contributed by atoms with Crippen LogP contribution in [0.1, 0.15) is 49.3 Å². The van der Waals surface area contributed by atoms with E-state index in [2.05, 4.69) is 37.2 Å². The van der Waals surface area contributed by atoms with Crippen LogP contribution in [-0.4, -0.2) is 63.8 Å². The minimum Gasteiger partial charge on any atom is -0.393 e. The maximum atomic E-state index is 10.1. The first-order valence-corrected chi connectivity index (χ1v) is 12.3. The van der Waals surface area contributed by atoms with Gasteiger partial charge in [-0.05, 0) is 87.6 Å². The fourth-order valence-electron chi connectivity index (χ4n) is 5.76. The zero-order valence-corrected chi connectivity index (χ0v) is 19.0. The number of aliphatic hydroxyl groups excluding tert-OH is 1. The number of hydrogen-bond donors (Lipinski definition) is 2. The van der Waals surface area contributed by atoms with Crippen LogP contribution in [-0.2, 0) is 0 Å². The van der Waals surface area contributed by atoms with E-state index < -0.39 is 0 Å². The molecule has 170 valence electrons. The molecule has 2 aromatic rings. The zero-order valence-electron chi connectivity index (χ0n) is 19.0. The summed E-state index contributed by atoms with van der Waals surface area (Å²) in [6.45, 7) is 7.55. The Bertz CT molecular complexity index is 953. The van der Waals surface area contributed by atoms with Crippen LogP contribution in [0.15, 0.2) is 24.5 Å². The van der Waals surface area contributed by atoms with E-state index in [0.717, 1.165) is 48.6 Å². The molecule has 0 radical (unpaired) electrons. The fourth-order valence-corrected chi connectivity index (χ4v) is 5.76. The van der Waals surface area contributed by atoms with Crippen LogP contribution < -0.4 is 10.2 Å². The Labute approximate surface area is 190 Å². The molecule has 2 aromatic heterocycles. The molecule has 6 rings (SSSR count). The number of fused-ring (bicyclic) bond motifs is 1. The van der Waals surface area contributed by atoms with Gasteiger partial charge in [-0.3, -0.25) is 4.98 Å². The highest BCUT2D eigenvalue weighted by atomic mass is 16.3. The molecule has 7 nitrogen and oxygen atoms in total. The van der Waals surface area contributed by atoms with Crippen molar-refractivity contribution in [2.45, 2.75) is 51.0 Å². The maximum absolute atomic E-state index is 10.1. The number of pyridine rings is 1. The lowest BCUT2D eigenvalue weighted by Gasteiger charge is -2.34. The summed E-state index contributed by atoms with van der Waals surface area (Å²) in [6.07, 6.45) is 9.63. The highest BCUT2D eigenvalue weighted by Gasteiger charge is 2.46. The van der Waals surface area contributed by atoms with E-state index in [1.54, 1.807) is 12.4 Å². The summed E-state index contributed by atoms with van der Waals surface area (Å²) in [5, 5.41) is 13.5. The summed E-state index contributed by atoms with van der Waals surface area (Å²) in [5.41, 5.74) is 2.28. The Kier molecular flexibility index (Phi) is 5.26. The first-order chi connectivity index (χ1) is 15.6. The summed E-state index contributed by atoms with van der Waals surface area (Å²) in [5.74, 6) is 5.16. The number of aliphatic hydroxyl groups is 1. The second-order valence-corrected chi connectivity index (χ2v) is 10.5. The minimum atomic E-state index is -0.135. The molecule has 2 saturated heterocycles. The third kappa shape index (κ3) is 4.20. The molecule has 4 fully saturated rings. The summed E-state index contributed by atoms with van der Waals surface area (Å²) in [7, 11) is 0. The monoisotopic (exact) mass is 434 g/mol. The van der Waals surface area contributed by atoms with E-state index in [-0.39, 0.29) is 6.10 Å². The van der Waals surface area contributed by atoms with Crippen LogP contribution in [0.25, 0.3) is 0 Å². The van der Waals surface area contributed by atoms with Crippen LogP contribution >= 0.6 is 0 Å². The van der Waals surface area contributed by atoms with Gasteiger partial charge in [-0.1, -0.05) is 0 Å². The number of aryl methyl sites for hydroxylation is 1. The van der Waals surface area contributed by atoms with E-state index in [9.17, 15) is 5.11 Å². The molecule has 0 spiro atoms. The van der Waals surface area contributed by atoms with Crippen LogP contribution in [0.5, 0.6) is 0 Å². The molecule has 2 saturated carbocycles. The van der Waals surface area contributed by atoms with E-state index in [0.29, 0.717) is 17.8 Å². The normalized spacial score (nSPS) is 28.4. The molecule has 2 aliphatic carbocycles. The summed E-state index contributed by atoms with van der Waals surface area (Å²) in [6, 6.07) is 4.52. The highest BCUT2D eigenvalue weighted by Crippen LogP contribution is 2.43.